The first kappa shape index (κ1) is 21.3. The molecule has 168 valence electrons. The van der Waals surface area contributed by atoms with Gasteiger partial charge in [-0.2, -0.15) is 0 Å². The molecule has 4 heterocycles. The second-order valence-corrected chi connectivity index (χ2v) is 9.37. The summed E-state index contributed by atoms with van der Waals surface area (Å²) in [6, 6.07) is 14.0. The second kappa shape index (κ2) is 9.12. The number of carbonyl (C=O) groups excluding carboxylic acids is 1. The van der Waals surface area contributed by atoms with Crippen LogP contribution in [0.15, 0.2) is 48.7 Å². The normalized spacial score (nSPS) is 20.8. The highest BCUT2D eigenvalue weighted by atomic mass is 35.5. The number of nitrogens with zero attached hydrogens (tertiary/aromatic N) is 4. The predicted molar refractivity (Wildman–Crippen MR) is 126 cm³/mol. The molecule has 32 heavy (non-hydrogen) atoms. The van der Waals surface area contributed by atoms with Gasteiger partial charge in [0.25, 0.3) is 0 Å². The van der Waals surface area contributed by atoms with Crippen LogP contribution in [0.25, 0.3) is 16.9 Å². The van der Waals surface area contributed by atoms with Gasteiger partial charge >= 0.3 is 6.09 Å². The molecule has 2 atom stereocenters. The molecule has 2 unspecified atom stereocenters. The quantitative estimate of drug-likeness (QED) is 0.496. The topological polar surface area (TPSA) is 50.1 Å². The van der Waals surface area contributed by atoms with Crippen LogP contribution in [0.3, 0.4) is 0 Å². The summed E-state index contributed by atoms with van der Waals surface area (Å²) >= 11 is 6.11. The molecule has 0 saturated carbocycles. The number of fused-ring (bicyclic) bond motifs is 2. The summed E-state index contributed by atoms with van der Waals surface area (Å²) in [6.45, 7) is 7.02. The Hall–Kier alpha value is -2.57. The number of rotatable bonds is 6. The van der Waals surface area contributed by atoms with Crippen molar-refractivity contribution in [1.29, 1.82) is 0 Å². The van der Waals surface area contributed by atoms with Gasteiger partial charge < -0.3 is 14.0 Å². The third-order valence-corrected chi connectivity index (χ3v) is 6.92. The first-order valence-corrected chi connectivity index (χ1v) is 11.9. The van der Waals surface area contributed by atoms with Crippen LogP contribution in [0, 0.1) is 11.8 Å². The molecule has 0 aliphatic carbocycles. The zero-order valence-electron chi connectivity index (χ0n) is 18.4. The number of benzene rings is 1. The van der Waals surface area contributed by atoms with Crippen molar-refractivity contribution in [2.45, 2.75) is 26.3 Å². The molecule has 2 aliphatic heterocycles. The number of carbonyl (C=O) groups is 1. The minimum atomic E-state index is -0.147. The van der Waals surface area contributed by atoms with Crippen LogP contribution in [0.1, 0.15) is 25.5 Å². The summed E-state index contributed by atoms with van der Waals surface area (Å²) < 4.78 is 7.61. The van der Waals surface area contributed by atoms with E-state index in [0.717, 1.165) is 67.5 Å². The zero-order chi connectivity index (χ0) is 22.1. The number of likely N-dealkylation sites (tertiary alicyclic amines) is 2. The highest BCUT2D eigenvalue weighted by molar-refractivity contribution is 6.30. The summed E-state index contributed by atoms with van der Waals surface area (Å²) in [6.07, 6.45) is 3.90. The van der Waals surface area contributed by atoms with Crippen LogP contribution in [0.5, 0.6) is 0 Å². The first-order valence-electron chi connectivity index (χ1n) is 11.5. The molecule has 0 N–H and O–H groups in total. The smallest absolute Gasteiger partial charge is 0.409 e. The van der Waals surface area contributed by atoms with Crippen LogP contribution in [0.2, 0.25) is 5.02 Å². The molecule has 2 aliphatic rings. The van der Waals surface area contributed by atoms with E-state index in [4.69, 9.17) is 21.3 Å². The fourth-order valence-corrected chi connectivity index (χ4v) is 5.14. The highest BCUT2D eigenvalue weighted by Crippen LogP contribution is 2.34. The van der Waals surface area contributed by atoms with Gasteiger partial charge in [-0.25, -0.2) is 9.78 Å². The standard InChI is InChI=1S/C25H29ClN4O2/c1-2-3-12-32-25(31)29-15-19-13-28(14-20(19)16-29)17-22-24(18-7-9-21(26)10-8-18)27-23-6-4-5-11-30(22)23/h4-11,19-20H,2-3,12-17H2,1H3. The molecule has 2 fully saturated rings. The molecule has 1 aromatic carbocycles. The number of amides is 1. The van der Waals surface area contributed by atoms with Crippen molar-refractivity contribution in [3.05, 3.63) is 59.4 Å². The molecule has 6 nitrogen and oxygen atoms in total. The minimum absolute atomic E-state index is 0.147. The van der Waals surface area contributed by atoms with E-state index in [1.165, 1.54) is 5.69 Å². The molecule has 1 amide bonds. The number of hydrogen-bond acceptors (Lipinski definition) is 4. The lowest BCUT2D eigenvalue weighted by Crippen LogP contribution is -2.33. The van der Waals surface area contributed by atoms with Crippen LogP contribution >= 0.6 is 11.6 Å². The van der Waals surface area contributed by atoms with Crippen LogP contribution < -0.4 is 0 Å². The number of pyridine rings is 1. The summed E-state index contributed by atoms with van der Waals surface area (Å²) in [7, 11) is 0. The fourth-order valence-electron chi connectivity index (χ4n) is 5.01. The van der Waals surface area contributed by atoms with E-state index in [9.17, 15) is 4.79 Å². The van der Waals surface area contributed by atoms with Gasteiger partial charge in [-0.1, -0.05) is 43.1 Å². The number of aromatic nitrogens is 2. The minimum Gasteiger partial charge on any atom is -0.449 e. The van der Waals surface area contributed by atoms with Crippen LogP contribution in [-0.4, -0.2) is 58.1 Å². The highest BCUT2D eigenvalue weighted by Gasteiger charge is 2.42. The molecule has 2 saturated heterocycles. The zero-order valence-corrected chi connectivity index (χ0v) is 19.2. The van der Waals surface area contributed by atoms with E-state index in [1.54, 1.807) is 0 Å². The molecular weight excluding hydrogens is 424 g/mol. The summed E-state index contributed by atoms with van der Waals surface area (Å²) in [5.41, 5.74) is 4.23. The molecule has 3 aromatic rings. The Morgan fingerprint density at radius 3 is 2.56 bits per heavy atom. The Morgan fingerprint density at radius 1 is 1.09 bits per heavy atom. The SMILES string of the molecule is CCCCOC(=O)N1CC2CN(Cc3c(-c4ccc(Cl)cc4)nc4ccccn34)CC2C1. The van der Waals surface area contributed by atoms with Crippen molar-refractivity contribution in [2.75, 3.05) is 32.8 Å². The molecular formula is C25H29ClN4O2. The van der Waals surface area contributed by atoms with E-state index >= 15 is 0 Å². The van der Waals surface area contributed by atoms with Crippen molar-refractivity contribution in [3.8, 4) is 11.3 Å². The number of ether oxygens (including phenoxy) is 1. The van der Waals surface area contributed by atoms with Gasteiger partial charge in [-0.05, 0) is 42.5 Å². The number of unbranched alkanes of at least 4 members (excludes halogenated alkanes) is 1. The molecule has 0 spiro atoms. The lowest BCUT2D eigenvalue weighted by atomic mass is 10.0. The average Bonchev–Trinajstić information content (AvgIpc) is 3.47. The Morgan fingerprint density at radius 2 is 1.84 bits per heavy atom. The van der Waals surface area contributed by atoms with Crippen LogP contribution in [-0.2, 0) is 11.3 Å². The van der Waals surface area contributed by atoms with E-state index in [2.05, 4.69) is 22.4 Å². The molecule has 0 radical (unpaired) electrons. The molecule has 0 bridgehead atoms. The Bertz CT molecular complexity index is 1080. The number of halogens is 1. The lowest BCUT2D eigenvalue weighted by molar-refractivity contribution is 0.104. The molecule has 5 rings (SSSR count). The van der Waals surface area contributed by atoms with Crippen molar-refractivity contribution in [2.24, 2.45) is 11.8 Å². The van der Waals surface area contributed by atoms with Gasteiger partial charge in [0, 0.05) is 49.5 Å². The predicted octanol–water partition coefficient (Wildman–Crippen LogP) is 4.96. The maximum Gasteiger partial charge on any atom is 0.409 e. The van der Waals surface area contributed by atoms with Gasteiger partial charge in [0.1, 0.15) is 5.65 Å². The van der Waals surface area contributed by atoms with Gasteiger partial charge in [0.05, 0.1) is 18.0 Å². The van der Waals surface area contributed by atoms with Crippen molar-refractivity contribution in [1.82, 2.24) is 19.2 Å². The van der Waals surface area contributed by atoms with Crippen molar-refractivity contribution >= 4 is 23.3 Å². The Balaban J connectivity index is 1.30. The van der Waals surface area contributed by atoms with Gasteiger partial charge in [-0.3, -0.25) is 4.90 Å². The van der Waals surface area contributed by atoms with E-state index in [0.29, 0.717) is 18.4 Å². The van der Waals surface area contributed by atoms with E-state index in [-0.39, 0.29) is 6.09 Å². The van der Waals surface area contributed by atoms with Gasteiger partial charge in [0.15, 0.2) is 0 Å². The Labute approximate surface area is 193 Å². The largest absolute Gasteiger partial charge is 0.449 e. The van der Waals surface area contributed by atoms with Crippen LogP contribution in [0.4, 0.5) is 4.79 Å². The number of imidazole rings is 1. The third-order valence-electron chi connectivity index (χ3n) is 6.66. The monoisotopic (exact) mass is 452 g/mol. The first-order chi connectivity index (χ1) is 15.6. The molecule has 7 heteroatoms. The average molecular weight is 453 g/mol. The maximum absolute atomic E-state index is 12.3. The van der Waals surface area contributed by atoms with Gasteiger partial charge in [0.2, 0.25) is 0 Å². The summed E-state index contributed by atoms with van der Waals surface area (Å²) in [5.74, 6) is 1.01. The maximum atomic E-state index is 12.3. The van der Waals surface area contributed by atoms with Crippen molar-refractivity contribution in [3.63, 3.8) is 0 Å². The van der Waals surface area contributed by atoms with E-state index < -0.39 is 0 Å². The van der Waals surface area contributed by atoms with Crippen molar-refractivity contribution < 1.29 is 9.53 Å². The fraction of sp³-hybridized carbons (Fsp3) is 0.440. The Kier molecular flexibility index (Phi) is 6.07. The van der Waals surface area contributed by atoms with E-state index in [1.807, 2.05) is 47.4 Å². The molecule has 2 aromatic heterocycles. The summed E-state index contributed by atoms with van der Waals surface area (Å²) in [4.78, 5) is 21.7. The number of hydrogen-bond donors (Lipinski definition) is 0. The van der Waals surface area contributed by atoms with Gasteiger partial charge in [-0.15, -0.1) is 0 Å². The summed E-state index contributed by atoms with van der Waals surface area (Å²) in [5, 5.41) is 0.726. The second-order valence-electron chi connectivity index (χ2n) is 8.93. The lowest BCUT2D eigenvalue weighted by Gasteiger charge is -2.21. The third kappa shape index (κ3) is 4.21.